The molecule has 0 spiro atoms. The van der Waals surface area contributed by atoms with Crippen molar-refractivity contribution >= 4 is 17.2 Å². The first-order chi connectivity index (χ1) is 15.1. The fourth-order valence-corrected chi connectivity index (χ4v) is 4.11. The first kappa shape index (κ1) is 19.0. The van der Waals surface area contributed by atoms with Crippen molar-refractivity contribution in [3.05, 3.63) is 120 Å². The molecule has 3 aromatic carbocycles. The van der Waals surface area contributed by atoms with Crippen molar-refractivity contribution in [2.75, 3.05) is 0 Å². The third kappa shape index (κ3) is 3.55. The lowest BCUT2D eigenvalue weighted by Gasteiger charge is -2.31. The highest BCUT2D eigenvalue weighted by atomic mass is 15.3. The zero-order valence-electron chi connectivity index (χ0n) is 17.3. The molecule has 0 radical (unpaired) electrons. The second-order valence-electron chi connectivity index (χ2n) is 7.79. The Kier molecular flexibility index (Phi) is 4.71. The Bertz CT molecular complexity index is 1230. The molecule has 2 heterocycles. The second-order valence-corrected chi connectivity index (χ2v) is 7.79. The van der Waals surface area contributed by atoms with Crippen LogP contribution in [-0.4, -0.2) is 21.3 Å². The highest BCUT2D eigenvalue weighted by Gasteiger charge is 2.35. The maximum atomic E-state index is 6.15. The number of nitrogens with zero attached hydrogens (tertiary/aromatic N) is 4. The molecular weight excluding hydrogens is 382 g/mol. The summed E-state index contributed by atoms with van der Waals surface area (Å²) in [6, 6.07) is 30.7. The number of hydrogen-bond acceptors (Lipinski definition) is 4. The van der Waals surface area contributed by atoms with Crippen LogP contribution in [0, 0.1) is 0 Å². The van der Waals surface area contributed by atoms with Crippen LogP contribution in [0.15, 0.2) is 107 Å². The smallest absolute Gasteiger partial charge is 0.126 e. The van der Waals surface area contributed by atoms with Crippen molar-refractivity contribution in [2.24, 2.45) is 15.7 Å². The Morgan fingerprint density at radius 1 is 0.903 bits per heavy atom. The highest BCUT2D eigenvalue weighted by Crippen LogP contribution is 2.37. The summed E-state index contributed by atoms with van der Waals surface area (Å²) in [4.78, 5) is 9.88. The Labute approximate surface area is 181 Å². The second kappa shape index (κ2) is 7.69. The molecule has 1 aliphatic rings. The summed E-state index contributed by atoms with van der Waals surface area (Å²) in [5.74, 6) is 0.571. The van der Waals surface area contributed by atoms with Gasteiger partial charge in [-0.15, -0.1) is 0 Å². The van der Waals surface area contributed by atoms with E-state index in [4.69, 9.17) is 15.7 Å². The summed E-state index contributed by atoms with van der Waals surface area (Å²) in [6.45, 7) is 2.59. The SMILES string of the molecule is CC1(c2cccc(N=C(c3ccccc3)c3ccccc3)c2)N=C(N)Cn2nccc21. The molecule has 5 heteroatoms. The van der Waals surface area contributed by atoms with Gasteiger partial charge in [0.2, 0.25) is 0 Å². The third-order valence-electron chi connectivity index (χ3n) is 5.64. The molecule has 1 aromatic heterocycles. The van der Waals surface area contributed by atoms with E-state index in [9.17, 15) is 0 Å². The molecule has 5 nitrogen and oxygen atoms in total. The molecule has 1 unspecified atom stereocenters. The van der Waals surface area contributed by atoms with Gasteiger partial charge in [0.25, 0.3) is 0 Å². The van der Waals surface area contributed by atoms with Crippen LogP contribution in [0.25, 0.3) is 0 Å². The largest absolute Gasteiger partial charge is 0.386 e. The van der Waals surface area contributed by atoms with Gasteiger partial charge < -0.3 is 5.73 Å². The van der Waals surface area contributed by atoms with Crippen LogP contribution < -0.4 is 5.73 Å². The number of aliphatic imine (C=N–C) groups is 2. The van der Waals surface area contributed by atoms with Crippen LogP contribution in [-0.2, 0) is 12.1 Å². The van der Waals surface area contributed by atoms with Gasteiger partial charge in [-0.2, -0.15) is 5.10 Å². The minimum atomic E-state index is -0.607. The maximum absolute atomic E-state index is 6.15. The van der Waals surface area contributed by atoms with Crippen molar-refractivity contribution in [2.45, 2.75) is 19.0 Å². The van der Waals surface area contributed by atoms with Crippen molar-refractivity contribution in [3.8, 4) is 0 Å². The predicted octanol–water partition coefficient (Wildman–Crippen LogP) is 4.69. The first-order valence-electron chi connectivity index (χ1n) is 10.3. The fraction of sp³-hybridized carbons (Fsp3) is 0.115. The van der Waals surface area contributed by atoms with Gasteiger partial charge in [0.1, 0.15) is 11.4 Å². The number of rotatable bonds is 4. The van der Waals surface area contributed by atoms with E-state index in [1.54, 1.807) is 6.20 Å². The van der Waals surface area contributed by atoms with Gasteiger partial charge >= 0.3 is 0 Å². The normalized spacial score (nSPS) is 17.5. The number of fused-ring (bicyclic) bond motifs is 1. The number of benzene rings is 3. The van der Waals surface area contributed by atoms with Gasteiger partial charge in [-0.05, 0) is 30.7 Å². The average Bonchev–Trinajstić information content (AvgIpc) is 3.28. The number of hydrogen-bond donors (Lipinski definition) is 1. The van der Waals surface area contributed by atoms with E-state index in [0.717, 1.165) is 33.8 Å². The molecule has 5 rings (SSSR count). The molecule has 0 amide bonds. The number of aromatic nitrogens is 2. The lowest BCUT2D eigenvalue weighted by molar-refractivity contribution is 0.498. The summed E-state index contributed by atoms with van der Waals surface area (Å²) in [5.41, 5.74) is 11.5. The topological polar surface area (TPSA) is 68.6 Å². The number of amidine groups is 1. The Hall–Kier alpha value is -3.99. The maximum Gasteiger partial charge on any atom is 0.126 e. The molecule has 152 valence electrons. The number of nitrogens with two attached hydrogens (primary N) is 1. The summed E-state index contributed by atoms with van der Waals surface area (Å²) >= 11 is 0. The molecule has 0 bridgehead atoms. The minimum absolute atomic E-state index is 0.516. The Balaban J connectivity index is 1.63. The van der Waals surface area contributed by atoms with Crippen LogP contribution in [0.5, 0.6) is 0 Å². The van der Waals surface area contributed by atoms with Crippen molar-refractivity contribution in [1.82, 2.24) is 9.78 Å². The van der Waals surface area contributed by atoms with Gasteiger partial charge in [0.05, 0.1) is 23.6 Å². The molecule has 1 atom stereocenters. The molecule has 0 saturated carbocycles. The van der Waals surface area contributed by atoms with Crippen LogP contribution in [0.2, 0.25) is 0 Å². The zero-order valence-corrected chi connectivity index (χ0v) is 17.3. The third-order valence-corrected chi connectivity index (χ3v) is 5.64. The van der Waals surface area contributed by atoms with Crippen LogP contribution in [0.4, 0.5) is 5.69 Å². The molecule has 0 fully saturated rings. The van der Waals surface area contributed by atoms with Crippen LogP contribution in [0.1, 0.15) is 29.3 Å². The van der Waals surface area contributed by atoms with E-state index in [1.807, 2.05) is 59.3 Å². The molecule has 4 aromatic rings. The van der Waals surface area contributed by atoms with Gasteiger partial charge in [0.15, 0.2) is 0 Å². The molecule has 31 heavy (non-hydrogen) atoms. The van der Waals surface area contributed by atoms with E-state index in [2.05, 4.69) is 48.4 Å². The molecule has 1 aliphatic heterocycles. The highest BCUT2D eigenvalue weighted by molar-refractivity contribution is 6.13. The fourth-order valence-electron chi connectivity index (χ4n) is 4.11. The quantitative estimate of drug-likeness (QED) is 0.501. The molecule has 0 aliphatic carbocycles. The lowest BCUT2D eigenvalue weighted by atomic mass is 9.87. The first-order valence-corrected chi connectivity index (χ1v) is 10.3. The van der Waals surface area contributed by atoms with E-state index in [1.165, 1.54) is 0 Å². The monoisotopic (exact) mass is 405 g/mol. The molecule has 2 N–H and O–H groups in total. The summed E-state index contributed by atoms with van der Waals surface area (Å²) in [5, 5.41) is 4.41. The minimum Gasteiger partial charge on any atom is -0.386 e. The zero-order chi connectivity index (χ0) is 21.3. The van der Waals surface area contributed by atoms with Crippen LogP contribution >= 0.6 is 0 Å². The van der Waals surface area contributed by atoms with E-state index in [0.29, 0.717) is 12.4 Å². The van der Waals surface area contributed by atoms with E-state index < -0.39 is 5.54 Å². The van der Waals surface area contributed by atoms with Crippen molar-refractivity contribution < 1.29 is 0 Å². The summed E-state index contributed by atoms with van der Waals surface area (Å²) in [7, 11) is 0. The van der Waals surface area contributed by atoms with Gasteiger partial charge in [-0.3, -0.25) is 9.67 Å². The van der Waals surface area contributed by atoms with E-state index in [-0.39, 0.29) is 0 Å². The summed E-state index contributed by atoms with van der Waals surface area (Å²) in [6.07, 6.45) is 1.80. The van der Waals surface area contributed by atoms with Gasteiger partial charge in [-0.1, -0.05) is 72.8 Å². The van der Waals surface area contributed by atoms with Gasteiger partial charge in [-0.25, -0.2) is 4.99 Å². The van der Waals surface area contributed by atoms with Crippen molar-refractivity contribution in [3.63, 3.8) is 0 Å². The predicted molar refractivity (Wildman–Crippen MR) is 125 cm³/mol. The Morgan fingerprint density at radius 3 is 2.26 bits per heavy atom. The van der Waals surface area contributed by atoms with E-state index >= 15 is 0 Å². The molecule has 0 saturated heterocycles. The van der Waals surface area contributed by atoms with Gasteiger partial charge in [0, 0.05) is 17.3 Å². The van der Waals surface area contributed by atoms with Crippen molar-refractivity contribution in [1.29, 1.82) is 0 Å². The standard InChI is InChI=1S/C26H23N5/c1-26(23-15-16-28-31(23)18-24(27)30-26)21-13-8-14-22(17-21)29-25(19-9-4-2-5-10-19)20-11-6-3-7-12-20/h2-17H,18H2,1H3,(H2,27,30). The Morgan fingerprint density at radius 2 is 1.58 bits per heavy atom. The lowest BCUT2D eigenvalue weighted by Crippen LogP contribution is -2.36. The van der Waals surface area contributed by atoms with Crippen LogP contribution in [0.3, 0.4) is 0 Å². The summed E-state index contributed by atoms with van der Waals surface area (Å²) < 4.78 is 1.91. The average molecular weight is 406 g/mol. The molecular formula is C26H23N5.